The van der Waals surface area contributed by atoms with Crippen molar-refractivity contribution in [3.05, 3.63) is 29.8 Å². The van der Waals surface area contributed by atoms with Crippen molar-refractivity contribution in [3.63, 3.8) is 0 Å². The normalized spacial score (nSPS) is 33.2. The van der Waals surface area contributed by atoms with E-state index in [2.05, 4.69) is 43.0 Å². The number of benzene rings is 1. The smallest absolute Gasteiger partial charge is 0.0405 e. The molecule has 1 saturated carbocycles. The minimum atomic E-state index is 0.639. The summed E-state index contributed by atoms with van der Waals surface area (Å²) in [6.45, 7) is 6.83. The molecule has 2 heteroatoms. The zero-order valence-corrected chi connectivity index (χ0v) is 12.9. The third kappa shape index (κ3) is 2.46. The van der Waals surface area contributed by atoms with Crippen molar-refractivity contribution >= 4 is 5.69 Å². The van der Waals surface area contributed by atoms with Crippen LogP contribution >= 0.6 is 0 Å². The summed E-state index contributed by atoms with van der Waals surface area (Å²) in [6.07, 6.45) is 5.25. The highest BCUT2D eigenvalue weighted by Crippen LogP contribution is 2.43. The second-order valence-corrected chi connectivity index (χ2v) is 6.95. The van der Waals surface area contributed by atoms with Gasteiger partial charge in [0, 0.05) is 24.2 Å². The molecule has 3 rings (SSSR count). The van der Waals surface area contributed by atoms with Gasteiger partial charge < -0.3 is 10.6 Å². The fourth-order valence-electron chi connectivity index (χ4n) is 4.23. The summed E-state index contributed by atoms with van der Waals surface area (Å²) >= 11 is 0. The molecule has 1 heterocycles. The highest BCUT2D eigenvalue weighted by molar-refractivity contribution is 5.61. The Morgan fingerprint density at radius 2 is 2.00 bits per heavy atom. The first-order chi connectivity index (χ1) is 9.70. The third-order valence-corrected chi connectivity index (χ3v) is 5.43. The van der Waals surface area contributed by atoms with Crippen molar-refractivity contribution in [2.75, 3.05) is 18.0 Å². The predicted octanol–water partition coefficient (Wildman–Crippen LogP) is 3.76. The second-order valence-electron chi connectivity index (χ2n) is 6.95. The molecule has 110 valence electrons. The first-order valence-corrected chi connectivity index (χ1v) is 8.26. The molecule has 0 saturated heterocycles. The van der Waals surface area contributed by atoms with Crippen LogP contribution in [0.4, 0.5) is 5.69 Å². The number of rotatable bonds is 3. The molecule has 1 fully saturated rings. The van der Waals surface area contributed by atoms with Gasteiger partial charge in [-0.1, -0.05) is 38.5 Å². The number of fused-ring (bicyclic) bond motifs is 1. The first kappa shape index (κ1) is 13.9. The Morgan fingerprint density at radius 1 is 1.20 bits per heavy atom. The molecule has 0 radical (unpaired) electrons. The molecule has 4 unspecified atom stereocenters. The lowest BCUT2D eigenvalue weighted by Gasteiger charge is -2.40. The maximum absolute atomic E-state index is 5.82. The zero-order chi connectivity index (χ0) is 14.1. The van der Waals surface area contributed by atoms with Gasteiger partial charge in [0.1, 0.15) is 0 Å². The van der Waals surface area contributed by atoms with Crippen LogP contribution in [0.25, 0.3) is 0 Å². The molecular formula is C18H28N2. The standard InChI is InChI=1S/C18H28N2/c1-13-7-8-14(2)18(11-13)20-12-15(9-10-19)16-5-3-4-6-17(16)20/h3-6,13-15,18H,7-12,19H2,1-2H3. The fourth-order valence-corrected chi connectivity index (χ4v) is 4.23. The number of anilines is 1. The van der Waals surface area contributed by atoms with E-state index in [0.717, 1.165) is 30.8 Å². The largest absolute Gasteiger partial charge is 0.367 e. The summed E-state index contributed by atoms with van der Waals surface area (Å²) in [4.78, 5) is 2.70. The number of hydrogen-bond donors (Lipinski definition) is 1. The summed E-state index contributed by atoms with van der Waals surface area (Å²) in [5.74, 6) is 2.33. The molecule has 0 amide bonds. The van der Waals surface area contributed by atoms with Crippen LogP contribution < -0.4 is 10.6 Å². The Balaban J connectivity index is 1.87. The van der Waals surface area contributed by atoms with Crippen LogP contribution in [0.15, 0.2) is 24.3 Å². The molecule has 1 aliphatic carbocycles. The Kier molecular flexibility index (Phi) is 4.02. The summed E-state index contributed by atoms with van der Waals surface area (Å²) in [5, 5.41) is 0. The zero-order valence-electron chi connectivity index (χ0n) is 12.9. The molecule has 2 nitrogen and oxygen atoms in total. The number of nitrogens with two attached hydrogens (primary N) is 1. The van der Waals surface area contributed by atoms with E-state index in [1.807, 2.05) is 0 Å². The minimum Gasteiger partial charge on any atom is -0.367 e. The molecule has 20 heavy (non-hydrogen) atoms. The number of hydrogen-bond acceptors (Lipinski definition) is 2. The molecule has 1 aromatic carbocycles. The van der Waals surface area contributed by atoms with E-state index >= 15 is 0 Å². The third-order valence-electron chi connectivity index (χ3n) is 5.43. The van der Waals surface area contributed by atoms with Crippen LogP contribution in [0.5, 0.6) is 0 Å². The lowest BCUT2D eigenvalue weighted by Crippen LogP contribution is -2.43. The Hall–Kier alpha value is -1.02. The van der Waals surface area contributed by atoms with Gasteiger partial charge in [0.25, 0.3) is 0 Å². The average Bonchev–Trinajstić information content (AvgIpc) is 2.81. The van der Waals surface area contributed by atoms with Crippen LogP contribution in [0.1, 0.15) is 51.0 Å². The topological polar surface area (TPSA) is 29.3 Å². The fraction of sp³-hybridized carbons (Fsp3) is 0.667. The van der Waals surface area contributed by atoms with E-state index < -0.39 is 0 Å². The van der Waals surface area contributed by atoms with Crippen LogP contribution in [0.2, 0.25) is 0 Å². The maximum Gasteiger partial charge on any atom is 0.0405 e. The van der Waals surface area contributed by atoms with Crippen LogP contribution in [-0.4, -0.2) is 19.1 Å². The van der Waals surface area contributed by atoms with Gasteiger partial charge in [-0.25, -0.2) is 0 Å². The van der Waals surface area contributed by atoms with Gasteiger partial charge in [-0.3, -0.25) is 0 Å². The van der Waals surface area contributed by atoms with Crippen molar-refractivity contribution < 1.29 is 0 Å². The molecule has 0 aromatic heterocycles. The van der Waals surface area contributed by atoms with Gasteiger partial charge in [0.2, 0.25) is 0 Å². The van der Waals surface area contributed by atoms with Crippen molar-refractivity contribution in [2.24, 2.45) is 17.6 Å². The molecule has 0 spiro atoms. The molecule has 1 aliphatic heterocycles. The molecule has 0 bridgehead atoms. The van der Waals surface area contributed by atoms with Gasteiger partial charge >= 0.3 is 0 Å². The quantitative estimate of drug-likeness (QED) is 0.907. The van der Waals surface area contributed by atoms with E-state index in [1.54, 1.807) is 0 Å². The van der Waals surface area contributed by atoms with E-state index in [4.69, 9.17) is 5.73 Å². The number of para-hydroxylation sites is 1. The van der Waals surface area contributed by atoms with Crippen LogP contribution in [-0.2, 0) is 0 Å². The van der Waals surface area contributed by atoms with E-state index in [-0.39, 0.29) is 0 Å². The van der Waals surface area contributed by atoms with Gasteiger partial charge in [-0.2, -0.15) is 0 Å². The predicted molar refractivity (Wildman–Crippen MR) is 86.2 cm³/mol. The molecular weight excluding hydrogens is 244 g/mol. The highest BCUT2D eigenvalue weighted by Gasteiger charge is 2.36. The van der Waals surface area contributed by atoms with Crippen LogP contribution in [0, 0.1) is 11.8 Å². The van der Waals surface area contributed by atoms with Crippen molar-refractivity contribution in [2.45, 2.75) is 51.5 Å². The minimum absolute atomic E-state index is 0.639. The van der Waals surface area contributed by atoms with E-state index in [9.17, 15) is 0 Å². The lowest BCUT2D eigenvalue weighted by molar-refractivity contribution is 0.254. The number of nitrogens with zero attached hydrogens (tertiary/aromatic N) is 1. The Labute approximate surface area is 123 Å². The van der Waals surface area contributed by atoms with Crippen LogP contribution in [0.3, 0.4) is 0 Å². The lowest BCUT2D eigenvalue weighted by atomic mass is 9.79. The molecule has 2 N–H and O–H groups in total. The summed E-state index contributed by atoms with van der Waals surface area (Å²) in [7, 11) is 0. The second kappa shape index (κ2) is 5.77. The monoisotopic (exact) mass is 272 g/mol. The summed E-state index contributed by atoms with van der Waals surface area (Å²) in [5.41, 5.74) is 8.83. The summed E-state index contributed by atoms with van der Waals surface area (Å²) < 4.78 is 0. The van der Waals surface area contributed by atoms with E-state index in [0.29, 0.717) is 5.92 Å². The van der Waals surface area contributed by atoms with Gasteiger partial charge in [0.15, 0.2) is 0 Å². The SMILES string of the molecule is CC1CCC(C)C(N2CC(CCN)c3ccccc32)C1. The first-order valence-electron chi connectivity index (χ1n) is 8.26. The van der Waals surface area contributed by atoms with Crippen molar-refractivity contribution in [3.8, 4) is 0 Å². The van der Waals surface area contributed by atoms with Gasteiger partial charge in [-0.15, -0.1) is 0 Å². The van der Waals surface area contributed by atoms with Crippen molar-refractivity contribution in [1.29, 1.82) is 0 Å². The van der Waals surface area contributed by atoms with Gasteiger partial charge in [0.05, 0.1) is 0 Å². The maximum atomic E-state index is 5.82. The average molecular weight is 272 g/mol. The molecule has 1 aromatic rings. The highest BCUT2D eigenvalue weighted by atomic mass is 15.2. The Morgan fingerprint density at radius 3 is 2.80 bits per heavy atom. The summed E-state index contributed by atoms with van der Waals surface area (Å²) in [6, 6.07) is 9.72. The van der Waals surface area contributed by atoms with Crippen molar-refractivity contribution in [1.82, 2.24) is 0 Å². The molecule has 2 aliphatic rings. The Bertz CT molecular complexity index is 456. The molecule has 4 atom stereocenters. The van der Waals surface area contributed by atoms with E-state index in [1.165, 1.54) is 37.1 Å². The van der Waals surface area contributed by atoms with Gasteiger partial charge in [-0.05, 0) is 49.3 Å².